The number of H-pyrrole nitrogens is 1. The van der Waals surface area contributed by atoms with Crippen LogP contribution in [0.25, 0.3) is 0 Å². The van der Waals surface area contributed by atoms with E-state index in [2.05, 4.69) is 20.5 Å². The molecule has 0 aliphatic carbocycles. The number of aromatic nitrogens is 3. The van der Waals surface area contributed by atoms with Crippen molar-refractivity contribution in [1.29, 1.82) is 0 Å². The molecule has 1 amide bonds. The first-order chi connectivity index (χ1) is 12.2. The number of fused-ring (bicyclic) bond motifs is 1. The van der Waals surface area contributed by atoms with Crippen molar-refractivity contribution in [2.24, 2.45) is 0 Å². The number of benzene rings is 1. The molecule has 1 aliphatic heterocycles. The summed E-state index contributed by atoms with van der Waals surface area (Å²) in [5, 5.41) is 19.6. The molecular weight excluding hydrogens is 334 g/mol. The van der Waals surface area contributed by atoms with Crippen molar-refractivity contribution in [3.05, 3.63) is 28.1 Å². The molecule has 2 aromatic rings. The van der Waals surface area contributed by atoms with Crippen LogP contribution in [0.2, 0.25) is 0 Å². The molecule has 1 aliphatic rings. The van der Waals surface area contributed by atoms with Crippen molar-refractivity contribution in [2.45, 2.75) is 52.6 Å². The molecule has 1 aromatic carbocycles. The maximum absolute atomic E-state index is 12.7. The Bertz CT molecular complexity index is 861. The van der Waals surface area contributed by atoms with Gasteiger partial charge in [0.15, 0.2) is 5.60 Å². The summed E-state index contributed by atoms with van der Waals surface area (Å²) in [6, 6.07) is 0. The predicted molar refractivity (Wildman–Crippen MR) is 97.2 cm³/mol. The SMILES string of the molecule is Cc1c(C)c2c(c(C)c1O)CCC(C)(C(=O)NCCc1nc(N)n[nH]1)O2. The third-order valence-corrected chi connectivity index (χ3v) is 5.20. The largest absolute Gasteiger partial charge is 0.507 e. The van der Waals surface area contributed by atoms with Gasteiger partial charge >= 0.3 is 0 Å². The molecule has 0 radical (unpaired) electrons. The van der Waals surface area contributed by atoms with Gasteiger partial charge in [0.1, 0.15) is 17.3 Å². The molecule has 0 saturated heterocycles. The van der Waals surface area contributed by atoms with Gasteiger partial charge in [-0.05, 0) is 50.8 Å². The minimum Gasteiger partial charge on any atom is -0.507 e. The summed E-state index contributed by atoms with van der Waals surface area (Å²) in [7, 11) is 0. The molecule has 1 aromatic heterocycles. The zero-order valence-electron chi connectivity index (χ0n) is 15.6. The van der Waals surface area contributed by atoms with Gasteiger partial charge in [0.25, 0.3) is 5.91 Å². The number of aromatic amines is 1. The zero-order chi connectivity index (χ0) is 19.1. The van der Waals surface area contributed by atoms with E-state index in [9.17, 15) is 9.90 Å². The van der Waals surface area contributed by atoms with Gasteiger partial charge in [0, 0.05) is 24.9 Å². The Hall–Kier alpha value is -2.77. The number of phenols is 1. The van der Waals surface area contributed by atoms with E-state index in [1.807, 2.05) is 20.8 Å². The smallest absolute Gasteiger partial charge is 0.263 e. The lowest BCUT2D eigenvalue weighted by Crippen LogP contribution is -2.51. The fourth-order valence-electron chi connectivity index (χ4n) is 3.31. The van der Waals surface area contributed by atoms with Gasteiger partial charge in [-0.15, -0.1) is 5.10 Å². The molecule has 5 N–H and O–H groups in total. The van der Waals surface area contributed by atoms with E-state index in [1.165, 1.54) is 0 Å². The number of carbonyl (C=O) groups is 1. The van der Waals surface area contributed by atoms with Crippen LogP contribution in [0.5, 0.6) is 11.5 Å². The normalized spacial score (nSPS) is 18.9. The first-order valence-corrected chi connectivity index (χ1v) is 8.68. The third kappa shape index (κ3) is 3.07. The highest BCUT2D eigenvalue weighted by Crippen LogP contribution is 2.43. The van der Waals surface area contributed by atoms with Gasteiger partial charge in [-0.1, -0.05) is 0 Å². The quantitative estimate of drug-likeness (QED) is 0.655. The van der Waals surface area contributed by atoms with Crippen molar-refractivity contribution in [3.8, 4) is 11.5 Å². The van der Waals surface area contributed by atoms with Crippen LogP contribution in [0, 0.1) is 20.8 Å². The fourth-order valence-corrected chi connectivity index (χ4v) is 3.31. The van der Waals surface area contributed by atoms with Crippen molar-refractivity contribution in [2.75, 3.05) is 12.3 Å². The molecule has 1 atom stereocenters. The molecule has 0 fully saturated rings. The molecule has 26 heavy (non-hydrogen) atoms. The van der Waals surface area contributed by atoms with Crippen LogP contribution in [-0.4, -0.2) is 38.3 Å². The lowest BCUT2D eigenvalue weighted by Gasteiger charge is -2.36. The second-order valence-electron chi connectivity index (χ2n) is 7.01. The Kier molecular flexibility index (Phi) is 4.52. The number of aromatic hydroxyl groups is 1. The van der Waals surface area contributed by atoms with Crippen molar-refractivity contribution < 1.29 is 14.6 Å². The van der Waals surface area contributed by atoms with Gasteiger partial charge in [-0.2, -0.15) is 4.98 Å². The summed E-state index contributed by atoms with van der Waals surface area (Å²) in [5.41, 5.74) is 7.98. The van der Waals surface area contributed by atoms with Crippen LogP contribution in [0.1, 0.15) is 41.4 Å². The number of carbonyl (C=O) groups excluding carboxylic acids is 1. The molecule has 8 nitrogen and oxygen atoms in total. The highest BCUT2D eigenvalue weighted by atomic mass is 16.5. The minimum absolute atomic E-state index is 0.168. The zero-order valence-corrected chi connectivity index (χ0v) is 15.6. The molecule has 3 rings (SSSR count). The molecular formula is C18H25N5O3. The summed E-state index contributed by atoms with van der Waals surface area (Å²) in [6.45, 7) is 7.86. The van der Waals surface area contributed by atoms with E-state index in [4.69, 9.17) is 10.5 Å². The number of ether oxygens (including phenoxy) is 1. The standard InChI is InChI=1S/C18H25N5O3/c1-9-10(2)15-12(11(3)14(9)24)5-7-18(4,26-15)16(25)20-8-6-13-21-17(19)23-22-13/h24H,5-8H2,1-4H3,(H,20,25)(H3,19,21,22,23). The average molecular weight is 359 g/mol. The minimum atomic E-state index is -0.950. The number of hydrogen-bond donors (Lipinski definition) is 4. The van der Waals surface area contributed by atoms with E-state index in [0.29, 0.717) is 43.1 Å². The fraction of sp³-hybridized carbons (Fsp3) is 0.500. The van der Waals surface area contributed by atoms with Crippen molar-refractivity contribution >= 4 is 11.9 Å². The monoisotopic (exact) mass is 359 g/mol. The Morgan fingerprint density at radius 2 is 2.08 bits per heavy atom. The average Bonchev–Trinajstić information content (AvgIpc) is 3.03. The molecule has 0 spiro atoms. The van der Waals surface area contributed by atoms with Crippen LogP contribution in [-0.2, 0) is 17.6 Å². The number of hydrogen-bond acceptors (Lipinski definition) is 6. The number of amides is 1. The van der Waals surface area contributed by atoms with E-state index in [0.717, 1.165) is 22.3 Å². The summed E-state index contributed by atoms with van der Waals surface area (Å²) in [5.74, 6) is 1.67. The Labute approximate surface area is 152 Å². The number of phenolic OH excluding ortho intramolecular Hbond substituents is 1. The lowest BCUT2D eigenvalue weighted by atomic mass is 9.86. The van der Waals surface area contributed by atoms with E-state index in [-0.39, 0.29) is 11.9 Å². The Morgan fingerprint density at radius 1 is 1.35 bits per heavy atom. The van der Waals surface area contributed by atoms with E-state index < -0.39 is 5.60 Å². The first-order valence-electron chi connectivity index (χ1n) is 8.68. The number of nitrogens with zero attached hydrogens (tertiary/aromatic N) is 2. The molecule has 8 heteroatoms. The number of nitrogens with one attached hydrogen (secondary N) is 2. The van der Waals surface area contributed by atoms with Gasteiger partial charge in [-0.25, -0.2) is 0 Å². The topological polar surface area (TPSA) is 126 Å². The predicted octanol–water partition coefficient (Wildman–Crippen LogP) is 1.46. The Morgan fingerprint density at radius 3 is 2.73 bits per heavy atom. The Balaban J connectivity index is 1.72. The van der Waals surface area contributed by atoms with Gasteiger partial charge < -0.3 is 20.9 Å². The molecule has 1 unspecified atom stereocenters. The van der Waals surface area contributed by atoms with Crippen molar-refractivity contribution in [3.63, 3.8) is 0 Å². The van der Waals surface area contributed by atoms with Crippen LogP contribution in [0.4, 0.5) is 5.95 Å². The van der Waals surface area contributed by atoms with Gasteiger partial charge in [0.05, 0.1) is 0 Å². The van der Waals surface area contributed by atoms with Crippen LogP contribution in [0.3, 0.4) is 0 Å². The molecule has 140 valence electrons. The third-order valence-electron chi connectivity index (χ3n) is 5.20. The summed E-state index contributed by atoms with van der Waals surface area (Å²) >= 11 is 0. The summed E-state index contributed by atoms with van der Waals surface area (Å²) in [6.07, 6.45) is 1.73. The summed E-state index contributed by atoms with van der Waals surface area (Å²) in [4.78, 5) is 16.7. The highest BCUT2D eigenvalue weighted by molar-refractivity contribution is 5.85. The van der Waals surface area contributed by atoms with Crippen LogP contribution < -0.4 is 15.8 Å². The number of nitrogen functional groups attached to an aromatic ring is 1. The lowest BCUT2D eigenvalue weighted by molar-refractivity contribution is -0.136. The van der Waals surface area contributed by atoms with E-state index >= 15 is 0 Å². The molecule has 0 saturated carbocycles. The second kappa shape index (κ2) is 6.51. The molecule has 0 bridgehead atoms. The number of anilines is 1. The maximum Gasteiger partial charge on any atom is 0.263 e. The molecule has 2 heterocycles. The van der Waals surface area contributed by atoms with E-state index in [1.54, 1.807) is 6.92 Å². The van der Waals surface area contributed by atoms with Crippen LogP contribution in [0.15, 0.2) is 0 Å². The second-order valence-corrected chi connectivity index (χ2v) is 7.01. The maximum atomic E-state index is 12.7. The van der Waals surface area contributed by atoms with Gasteiger partial charge in [-0.3, -0.25) is 9.89 Å². The number of nitrogens with two attached hydrogens (primary N) is 1. The van der Waals surface area contributed by atoms with Gasteiger partial charge in [0.2, 0.25) is 5.95 Å². The number of rotatable bonds is 4. The first kappa shape index (κ1) is 18.0. The summed E-state index contributed by atoms with van der Waals surface area (Å²) < 4.78 is 6.16. The van der Waals surface area contributed by atoms with Crippen molar-refractivity contribution in [1.82, 2.24) is 20.5 Å². The van der Waals surface area contributed by atoms with Crippen LogP contribution >= 0.6 is 0 Å². The highest BCUT2D eigenvalue weighted by Gasteiger charge is 2.40.